The van der Waals surface area contributed by atoms with Crippen LogP contribution in [0.2, 0.25) is 10.3 Å². The zero-order chi connectivity index (χ0) is 12.7. The number of aromatic nitrogens is 1. The average Bonchev–Trinajstić information content (AvgIpc) is 3.14. The number of halogens is 2. The van der Waals surface area contributed by atoms with Crippen LogP contribution in [0, 0.1) is 11.8 Å². The molecule has 1 aromatic rings. The predicted molar refractivity (Wildman–Crippen MR) is 71.0 cm³/mol. The highest BCUT2D eigenvalue weighted by atomic mass is 35.5. The molecule has 2 fully saturated rings. The first kappa shape index (κ1) is 12.2. The summed E-state index contributed by atoms with van der Waals surface area (Å²) in [6, 6.07) is 3.45. The third kappa shape index (κ3) is 2.78. The normalized spacial score (nSPS) is 19.1. The van der Waals surface area contributed by atoms with E-state index >= 15 is 0 Å². The molecule has 1 amide bonds. The highest BCUT2D eigenvalue weighted by Gasteiger charge is 2.42. The Bertz CT molecular complexity index is 452. The Balaban J connectivity index is 1.72. The number of amides is 1. The van der Waals surface area contributed by atoms with Crippen molar-refractivity contribution in [2.24, 2.45) is 11.8 Å². The first-order valence-corrected chi connectivity index (χ1v) is 7.03. The fourth-order valence-corrected chi connectivity index (χ4v) is 2.82. The first-order chi connectivity index (χ1) is 8.63. The van der Waals surface area contributed by atoms with Crippen LogP contribution in [0.15, 0.2) is 12.1 Å². The van der Waals surface area contributed by atoms with E-state index in [2.05, 4.69) is 10.3 Å². The van der Waals surface area contributed by atoms with Gasteiger partial charge in [-0.3, -0.25) is 4.79 Å². The van der Waals surface area contributed by atoms with Crippen molar-refractivity contribution < 1.29 is 4.79 Å². The van der Waals surface area contributed by atoms with E-state index in [1.54, 1.807) is 12.1 Å². The smallest absolute Gasteiger partial charge is 0.251 e. The summed E-state index contributed by atoms with van der Waals surface area (Å²) in [6.45, 7) is 0. The number of carbonyl (C=O) groups is 1. The van der Waals surface area contributed by atoms with E-state index in [1.165, 1.54) is 25.7 Å². The van der Waals surface area contributed by atoms with Crippen LogP contribution in [-0.4, -0.2) is 16.9 Å². The summed E-state index contributed by atoms with van der Waals surface area (Å²) in [5.74, 6) is 1.26. The fraction of sp³-hybridized carbons (Fsp3) is 0.538. The number of rotatable bonds is 4. The second-order valence-corrected chi connectivity index (χ2v) is 5.95. The number of hydrogen-bond donors (Lipinski definition) is 1. The van der Waals surface area contributed by atoms with Crippen molar-refractivity contribution in [3.8, 4) is 0 Å². The monoisotopic (exact) mass is 284 g/mol. The molecule has 0 bridgehead atoms. The van der Waals surface area contributed by atoms with Gasteiger partial charge in [0.05, 0.1) is 0 Å². The van der Waals surface area contributed by atoms with Gasteiger partial charge < -0.3 is 5.32 Å². The van der Waals surface area contributed by atoms with E-state index in [0.717, 1.165) is 0 Å². The molecule has 0 aromatic carbocycles. The highest BCUT2D eigenvalue weighted by Crippen LogP contribution is 2.44. The second kappa shape index (κ2) is 4.71. The Morgan fingerprint density at radius 1 is 1.17 bits per heavy atom. The molecule has 2 aliphatic carbocycles. The van der Waals surface area contributed by atoms with Gasteiger partial charge in [-0.15, -0.1) is 0 Å². The van der Waals surface area contributed by atoms with Crippen LogP contribution in [0.3, 0.4) is 0 Å². The standard InChI is InChI=1S/C13H14Cl2N2O/c14-10-5-9(6-11(15)16-10)13(18)17-12(7-1-2-7)8-3-4-8/h5-8,12H,1-4H2,(H,17,18). The lowest BCUT2D eigenvalue weighted by Gasteiger charge is -2.17. The van der Waals surface area contributed by atoms with Gasteiger partial charge >= 0.3 is 0 Å². The molecule has 18 heavy (non-hydrogen) atoms. The quantitative estimate of drug-likeness (QED) is 0.862. The number of nitrogens with one attached hydrogen (secondary N) is 1. The molecule has 0 saturated heterocycles. The average molecular weight is 285 g/mol. The molecular formula is C13H14Cl2N2O. The number of carbonyl (C=O) groups excluding carboxylic acids is 1. The Labute approximate surface area is 116 Å². The number of nitrogens with zero attached hydrogens (tertiary/aromatic N) is 1. The van der Waals surface area contributed by atoms with Crippen molar-refractivity contribution in [3.63, 3.8) is 0 Å². The van der Waals surface area contributed by atoms with Crippen LogP contribution in [0.4, 0.5) is 0 Å². The molecule has 0 spiro atoms. The Morgan fingerprint density at radius 3 is 2.11 bits per heavy atom. The summed E-state index contributed by atoms with van der Waals surface area (Å²) in [4.78, 5) is 16.0. The number of pyridine rings is 1. The van der Waals surface area contributed by atoms with Gasteiger partial charge in [-0.05, 0) is 49.7 Å². The van der Waals surface area contributed by atoms with Gasteiger partial charge in [-0.2, -0.15) is 0 Å². The Morgan fingerprint density at radius 2 is 1.67 bits per heavy atom. The van der Waals surface area contributed by atoms with Gasteiger partial charge in [0.25, 0.3) is 5.91 Å². The molecule has 0 radical (unpaired) electrons. The summed E-state index contributed by atoms with van der Waals surface area (Å²) >= 11 is 11.6. The van der Waals surface area contributed by atoms with E-state index < -0.39 is 0 Å². The van der Waals surface area contributed by atoms with Crippen molar-refractivity contribution in [2.75, 3.05) is 0 Å². The molecule has 3 rings (SSSR count). The molecule has 0 aliphatic heterocycles. The van der Waals surface area contributed by atoms with Gasteiger partial charge in [-0.25, -0.2) is 4.98 Å². The lowest BCUT2D eigenvalue weighted by molar-refractivity contribution is 0.0926. The molecule has 2 saturated carbocycles. The summed E-state index contributed by atoms with van der Waals surface area (Å²) < 4.78 is 0. The SMILES string of the molecule is O=C(NC(C1CC1)C1CC1)c1cc(Cl)nc(Cl)c1. The zero-order valence-electron chi connectivity index (χ0n) is 9.83. The minimum atomic E-state index is -0.0926. The molecule has 96 valence electrons. The molecule has 3 nitrogen and oxygen atoms in total. The molecular weight excluding hydrogens is 271 g/mol. The minimum Gasteiger partial charge on any atom is -0.349 e. The lowest BCUT2D eigenvalue weighted by atomic mass is 10.1. The highest BCUT2D eigenvalue weighted by molar-refractivity contribution is 6.33. The third-order valence-electron chi connectivity index (χ3n) is 3.58. The van der Waals surface area contributed by atoms with Crippen molar-refractivity contribution in [1.29, 1.82) is 0 Å². The minimum absolute atomic E-state index is 0.0926. The molecule has 1 aromatic heterocycles. The molecule has 5 heteroatoms. The van der Waals surface area contributed by atoms with Crippen LogP contribution in [-0.2, 0) is 0 Å². The predicted octanol–water partition coefficient (Wildman–Crippen LogP) is 3.31. The summed E-state index contributed by atoms with van der Waals surface area (Å²) in [7, 11) is 0. The van der Waals surface area contributed by atoms with Gasteiger partial charge in [0.2, 0.25) is 0 Å². The molecule has 2 aliphatic rings. The maximum Gasteiger partial charge on any atom is 0.251 e. The van der Waals surface area contributed by atoms with Gasteiger partial charge in [0.1, 0.15) is 10.3 Å². The van der Waals surface area contributed by atoms with Crippen LogP contribution in [0.5, 0.6) is 0 Å². The summed E-state index contributed by atoms with van der Waals surface area (Å²) in [6.07, 6.45) is 4.94. The van der Waals surface area contributed by atoms with Gasteiger partial charge in [-0.1, -0.05) is 23.2 Å². The van der Waals surface area contributed by atoms with E-state index in [1.807, 2.05) is 0 Å². The lowest BCUT2D eigenvalue weighted by Crippen LogP contribution is -2.38. The van der Waals surface area contributed by atoms with Gasteiger partial charge in [0.15, 0.2) is 0 Å². The summed E-state index contributed by atoms with van der Waals surface area (Å²) in [5.41, 5.74) is 0.492. The first-order valence-electron chi connectivity index (χ1n) is 6.27. The molecule has 1 heterocycles. The van der Waals surface area contributed by atoms with Crippen molar-refractivity contribution in [3.05, 3.63) is 28.0 Å². The van der Waals surface area contributed by atoms with E-state index in [-0.39, 0.29) is 16.2 Å². The van der Waals surface area contributed by atoms with Crippen molar-refractivity contribution >= 4 is 29.1 Å². The van der Waals surface area contributed by atoms with Crippen LogP contribution < -0.4 is 5.32 Å². The third-order valence-corrected chi connectivity index (χ3v) is 3.97. The van der Waals surface area contributed by atoms with E-state index in [9.17, 15) is 4.79 Å². The van der Waals surface area contributed by atoms with Crippen LogP contribution >= 0.6 is 23.2 Å². The molecule has 1 N–H and O–H groups in total. The van der Waals surface area contributed by atoms with Crippen LogP contribution in [0.1, 0.15) is 36.0 Å². The van der Waals surface area contributed by atoms with Crippen LogP contribution in [0.25, 0.3) is 0 Å². The maximum absolute atomic E-state index is 12.2. The molecule has 0 unspecified atom stereocenters. The Kier molecular flexibility index (Phi) is 3.20. The van der Waals surface area contributed by atoms with Crippen molar-refractivity contribution in [1.82, 2.24) is 10.3 Å². The van der Waals surface area contributed by atoms with E-state index in [4.69, 9.17) is 23.2 Å². The zero-order valence-corrected chi connectivity index (χ0v) is 11.3. The topological polar surface area (TPSA) is 42.0 Å². The largest absolute Gasteiger partial charge is 0.349 e. The Hall–Kier alpha value is -0.800. The van der Waals surface area contributed by atoms with Crippen molar-refractivity contribution in [2.45, 2.75) is 31.7 Å². The number of hydrogen-bond acceptors (Lipinski definition) is 2. The second-order valence-electron chi connectivity index (χ2n) is 5.18. The van der Waals surface area contributed by atoms with E-state index in [0.29, 0.717) is 23.4 Å². The maximum atomic E-state index is 12.2. The summed E-state index contributed by atoms with van der Waals surface area (Å²) in [5, 5.41) is 3.63. The fourth-order valence-electron chi connectivity index (χ4n) is 2.36. The van der Waals surface area contributed by atoms with Gasteiger partial charge in [0, 0.05) is 11.6 Å². The molecule has 0 atom stereocenters.